The van der Waals surface area contributed by atoms with E-state index in [1.165, 1.54) is 5.56 Å². The van der Waals surface area contributed by atoms with E-state index in [4.69, 9.17) is 10.5 Å². The summed E-state index contributed by atoms with van der Waals surface area (Å²) in [5.41, 5.74) is 8.66. The molecule has 2 aromatic rings. The zero-order valence-electron chi connectivity index (χ0n) is 18.5. The first kappa shape index (κ1) is 23.4. The molecule has 0 bridgehead atoms. The van der Waals surface area contributed by atoms with Gasteiger partial charge in [-0.1, -0.05) is 30.3 Å². The van der Waals surface area contributed by atoms with E-state index in [-0.39, 0.29) is 19.0 Å². The van der Waals surface area contributed by atoms with Crippen LogP contribution in [0.5, 0.6) is 5.75 Å². The van der Waals surface area contributed by atoms with E-state index >= 15 is 0 Å². The maximum Gasteiger partial charge on any atom is 0.253 e. The van der Waals surface area contributed by atoms with Gasteiger partial charge in [-0.15, -0.1) is 0 Å². The first-order chi connectivity index (χ1) is 16.0. The van der Waals surface area contributed by atoms with Gasteiger partial charge in [0.25, 0.3) is 5.91 Å². The van der Waals surface area contributed by atoms with Crippen molar-refractivity contribution in [2.24, 2.45) is 5.73 Å². The number of nitrogens with two attached hydrogens (primary N) is 1. The van der Waals surface area contributed by atoms with Crippen LogP contribution in [-0.4, -0.2) is 76.8 Å². The minimum absolute atomic E-state index is 0.0655. The molecule has 0 radical (unpaired) electrons. The number of piperidine rings is 1. The maximum atomic E-state index is 13.1. The number of aliphatic hydroxyl groups excluding tert-OH is 2. The number of amides is 1. The molecule has 4 rings (SSSR count). The van der Waals surface area contributed by atoms with Crippen LogP contribution in [-0.2, 0) is 11.3 Å². The molecule has 4 N–H and O–H groups in total. The molecular weight excluding hydrogens is 422 g/mol. The van der Waals surface area contributed by atoms with E-state index in [0.29, 0.717) is 43.2 Å². The van der Waals surface area contributed by atoms with Crippen molar-refractivity contribution in [1.82, 2.24) is 9.80 Å². The Morgan fingerprint density at radius 2 is 1.79 bits per heavy atom. The molecule has 2 heterocycles. The van der Waals surface area contributed by atoms with Crippen LogP contribution in [0.3, 0.4) is 0 Å². The summed E-state index contributed by atoms with van der Waals surface area (Å²) in [6, 6.07) is 15.1. The first-order valence-electron chi connectivity index (χ1n) is 11.4. The summed E-state index contributed by atoms with van der Waals surface area (Å²) < 4.78 is 5.77. The number of carbonyl (C=O) groups excluding carboxylic acids is 2. The highest BCUT2D eigenvalue weighted by Gasteiger charge is 2.35. The highest BCUT2D eigenvalue weighted by Crippen LogP contribution is 2.29. The molecule has 0 aliphatic carbocycles. The standard InChI is InChI=1S/C25H31N3O5/c26-13-17-3-1-4-19(11-17)18-7-9-27(10-8-18)25(32)20-5-2-6-21(12-20)33-24(16-29)28-14-22(30)23(31)15-28/h1-6,11-12,16,18,22-24,30-31H,7-10,13-15,26H2. The van der Waals surface area contributed by atoms with Crippen LogP contribution in [0.15, 0.2) is 48.5 Å². The number of likely N-dealkylation sites (tertiary alicyclic amines) is 2. The van der Waals surface area contributed by atoms with Crippen molar-refractivity contribution in [1.29, 1.82) is 0 Å². The summed E-state index contributed by atoms with van der Waals surface area (Å²) in [5.74, 6) is 0.737. The number of ether oxygens (including phenoxy) is 1. The lowest BCUT2D eigenvalue weighted by Gasteiger charge is -2.32. The second kappa shape index (κ2) is 10.4. The second-order valence-corrected chi connectivity index (χ2v) is 8.78. The number of rotatable bonds is 7. The van der Waals surface area contributed by atoms with E-state index in [9.17, 15) is 19.8 Å². The van der Waals surface area contributed by atoms with Gasteiger partial charge in [-0.25, -0.2) is 0 Å². The van der Waals surface area contributed by atoms with E-state index < -0.39 is 18.4 Å². The van der Waals surface area contributed by atoms with Gasteiger partial charge in [0, 0.05) is 38.3 Å². The van der Waals surface area contributed by atoms with Crippen molar-refractivity contribution in [2.45, 2.75) is 43.7 Å². The zero-order chi connectivity index (χ0) is 23.4. The Balaban J connectivity index is 1.37. The normalized spacial score (nSPS) is 22.8. The molecule has 2 saturated heterocycles. The fourth-order valence-corrected chi connectivity index (χ4v) is 4.61. The first-order valence-corrected chi connectivity index (χ1v) is 11.4. The summed E-state index contributed by atoms with van der Waals surface area (Å²) in [4.78, 5) is 28.1. The van der Waals surface area contributed by atoms with Crippen LogP contribution in [0.1, 0.15) is 40.2 Å². The van der Waals surface area contributed by atoms with Gasteiger partial charge in [0.05, 0.1) is 12.2 Å². The number of hydrogen-bond donors (Lipinski definition) is 3. The Labute approximate surface area is 193 Å². The van der Waals surface area contributed by atoms with Crippen molar-refractivity contribution in [2.75, 3.05) is 26.2 Å². The Morgan fingerprint density at radius 1 is 1.09 bits per heavy atom. The molecule has 2 aromatic carbocycles. The molecule has 3 unspecified atom stereocenters. The molecule has 3 atom stereocenters. The molecule has 2 aliphatic rings. The predicted molar refractivity (Wildman–Crippen MR) is 123 cm³/mol. The minimum Gasteiger partial charge on any atom is -0.468 e. The lowest BCUT2D eigenvalue weighted by Crippen LogP contribution is -2.40. The summed E-state index contributed by atoms with van der Waals surface area (Å²) in [6.07, 6.45) is -0.355. The van der Waals surface area contributed by atoms with Crippen LogP contribution < -0.4 is 10.5 Å². The smallest absolute Gasteiger partial charge is 0.253 e. The van der Waals surface area contributed by atoms with Crippen molar-refractivity contribution in [3.05, 3.63) is 65.2 Å². The van der Waals surface area contributed by atoms with E-state index in [1.54, 1.807) is 29.2 Å². The van der Waals surface area contributed by atoms with Gasteiger partial charge in [-0.05, 0) is 48.1 Å². The molecule has 0 saturated carbocycles. The van der Waals surface area contributed by atoms with Crippen LogP contribution in [0, 0.1) is 0 Å². The summed E-state index contributed by atoms with van der Waals surface area (Å²) in [5, 5.41) is 19.5. The number of aldehydes is 1. The molecule has 1 amide bonds. The minimum atomic E-state index is -0.942. The van der Waals surface area contributed by atoms with Crippen molar-refractivity contribution in [3.8, 4) is 5.75 Å². The predicted octanol–water partition coefficient (Wildman–Crippen LogP) is 1.11. The number of β-amino-alcohol motifs (C(OH)–C–C–N with tert-alkyl or cyclic N) is 2. The third-order valence-corrected chi connectivity index (χ3v) is 6.54. The molecule has 2 fully saturated rings. The van der Waals surface area contributed by atoms with E-state index in [0.717, 1.165) is 18.4 Å². The lowest BCUT2D eigenvalue weighted by molar-refractivity contribution is -0.121. The monoisotopic (exact) mass is 453 g/mol. The lowest BCUT2D eigenvalue weighted by atomic mass is 9.88. The quantitative estimate of drug-likeness (QED) is 0.538. The molecule has 0 aromatic heterocycles. The summed E-state index contributed by atoms with van der Waals surface area (Å²) >= 11 is 0. The van der Waals surface area contributed by atoms with Gasteiger partial charge < -0.3 is 25.6 Å². The van der Waals surface area contributed by atoms with Gasteiger partial charge in [0.15, 0.2) is 6.29 Å². The molecule has 2 aliphatic heterocycles. The zero-order valence-corrected chi connectivity index (χ0v) is 18.5. The fraction of sp³-hybridized carbons (Fsp3) is 0.440. The Bertz CT molecular complexity index is 966. The van der Waals surface area contributed by atoms with Gasteiger partial charge in [-0.3, -0.25) is 14.5 Å². The Hall–Kier alpha value is -2.78. The molecule has 33 heavy (non-hydrogen) atoms. The number of carbonyl (C=O) groups is 2. The van der Waals surface area contributed by atoms with E-state index in [1.807, 2.05) is 17.0 Å². The molecule has 0 spiro atoms. The largest absolute Gasteiger partial charge is 0.468 e. The third kappa shape index (κ3) is 5.42. The molecule has 176 valence electrons. The maximum absolute atomic E-state index is 13.1. The fourth-order valence-electron chi connectivity index (χ4n) is 4.61. The SMILES string of the molecule is NCc1cccc(C2CCN(C(=O)c3cccc(OC(C=O)N4CC(O)C(O)C4)c3)CC2)c1. The van der Waals surface area contributed by atoms with Gasteiger partial charge in [0.2, 0.25) is 6.23 Å². The number of aliphatic hydroxyl groups is 2. The van der Waals surface area contributed by atoms with Crippen molar-refractivity contribution in [3.63, 3.8) is 0 Å². The molecular formula is C25H31N3O5. The van der Waals surface area contributed by atoms with Crippen molar-refractivity contribution >= 4 is 12.2 Å². The Kier molecular flexibility index (Phi) is 7.39. The van der Waals surface area contributed by atoms with Gasteiger partial charge >= 0.3 is 0 Å². The Morgan fingerprint density at radius 3 is 2.45 bits per heavy atom. The van der Waals surface area contributed by atoms with Crippen molar-refractivity contribution < 1.29 is 24.5 Å². The van der Waals surface area contributed by atoms with Gasteiger partial charge in [0.1, 0.15) is 5.75 Å². The van der Waals surface area contributed by atoms with Crippen LogP contribution >= 0.6 is 0 Å². The van der Waals surface area contributed by atoms with Gasteiger partial charge in [-0.2, -0.15) is 0 Å². The molecule has 8 nitrogen and oxygen atoms in total. The highest BCUT2D eigenvalue weighted by atomic mass is 16.5. The number of benzene rings is 2. The summed E-state index contributed by atoms with van der Waals surface area (Å²) in [7, 11) is 0. The summed E-state index contributed by atoms with van der Waals surface area (Å²) in [6.45, 7) is 2.15. The van der Waals surface area contributed by atoms with Crippen LogP contribution in [0.2, 0.25) is 0 Å². The number of nitrogens with zero attached hydrogens (tertiary/aromatic N) is 2. The van der Waals surface area contributed by atoms with E-state index in [2.05, 4.69) is 12.1 Å². The number of hydrogen-bond acceptors (Lipinski definition) is 7. The van der Waals surface area contributed by atoms with Crippen LogP contribution in [0.4, 0.5) is 0 Å². The molecule has 8 heteroatoms. The van der Waals surface area contributed by atoms with Crippen LogP contribution in [0.25, 0.3) is 0 Å². The average Bonchev–Trinajstić information content (AvgIpc) is 3.20. The highest BCUT2D eigenvalue weighted by molar-refractivity contribution is 5.94. The second-order valence-electron chi connectivity index (χ2n) is 8.78. The topological polar surface area (TPSA) is 116 Å². The average molecular weight is 454 g/mol. The third-order valence-electron chi connectivity index (χ3n) is 6.54.